The topological polar surface area (TPSA) is 60.8 Å². The van der Waals surface area contributed by atoms with Crippen LogP contribution in [-0.2, 0) is 4.79 Å². The van der Waals surface area contributed by atoms with Crippen molar-refractivity contribution in [3.63, 3.8) is 0 Å². The minimum Gasteiger partial charge on any atom is -0.359 e. The van der Waals surface area contributed by atoms with Crippen LogP contribution in [0, 0.1) is 5.41 Å². The monoisotopic (exact) mass is 543 g/mol. The van der Waals surface area contributed by atoms with Crippen LogP contribution < -0.4 is 0 Å². The SMILES string of the molecule is C=CC[C@@]1(C)C[C@H](c2cccc(Cl)c2)[C@@H](c2ccc(Cl)cc2)N([C@@H](CC)CC(O)(O)C(F)(F)F)C1=O. The maximum atomic E-state index is 14.0. The Morgan fingerprint density at radius 1 is 1.14 bits per heavy atom. The number of benzene rings is 2. The Labute approximate surface area is 219 Å². The van der Waals surface area contributed by atoms with Gasteiger partial charge in [0.25, 0.3) is 5.79 Å². The summed E-state index contributed by atoms with van der Waals surface area (Å²) in [5, 5.41) is 20.9. The number of rotatable bonds is 8. The van der Waals surface area contributed by atoms with Crippen LogP contribution in [-0.4, -0.2) is 39.0 Å². The van der Waals surface area contributed by atoms with Crippen LogP contribution in [0.4, 0.5) is 13.2 Å². The average molecular weight is 544 g/mol. The Bertz CT molecular complexity index is 1090. The van der Waals surface area contributed by atoms with Gasteiger partial charge in [-0.2, -0.15) is 13.2 Å². The molecular formula is C27H30Cl2F3NO3. The minimum absolute atomic E-state index is 0.0706. The number of amides is 1. The van der Waals surface area contributed by atoms with Crippen LogP contribution in [0.5, 0.6) is 0 Å². The first kappa shape index (κ1) is 28.5. The summed E-state index contributed by atoms with van der Waals surface area (Å²) in [7, 11) is 0. The van der Waals surface area contributed by atoms with Gasteiger partial charge in [0.15, 0.2) is 0 Å². The summed E-state index contributed by atoms with van der Waals surface area (Å²) in [6.45, 7) is 7.17. The van der Waals surface area contributed by atoms with Gasteiger partial charge in [-0.15, -0.1) is 6.58 Å². The molecule has 1 aliphatic heterocycles. The molecule has 4 atom stereocenters. The highest BCUT2D eigenvalue weighted by molar-refractivity contribution is 6.30. The van der Waals surface area contributed by atoms with Gasteiger partial charge in [0.2, 0.25) is 5.91 Å². The van der Waals surface area contributed by atoms with E-state index in [0.717, 1.165) is 5.56 Å². The Kier molecular flexibility index (Phi) is 8.50. The predicted octanol–water partition coefficient (Wildman–Crippen LogP) is 7.04. The fourth-order valence-electron chi connectivity index (χ4n) is 5.17. The number of hydrogen-bond donors (Lipinski definition) is 2. The second-order valence-electron chi connectivity index (χ2n) is 9.71. The van der Waals surface area contributed by atoms with Gasteiger partial charge in [-0.1, -0.05) is 67.4 Å². The summed E-state index contributed by atoms with van der Waals surface area (Å²) in [6.07, 6.45) is -4.00. The van der Waals surface area contributed by atoms with E-state index in [2.05, 4.69) is 6.58 Å². The fourth-order valence-corrected chi connectivity index (χ4v) is 5.50. The molecule has 0 bridgehead atoms. The number of halogens is 5. The summed E-state index contributed by atoms with van der Waals surface area (Å²) in [6, 6.07) is 12.1. The van der Waals surface area contributed by atoms with E-state index in [9.17, 15) is 28.2 Å². The molecule has 4 nitrogen and oxygen atoms in total. The first-order valence-electron chi connectivity index (χ1n) is 11.7. The fraction of sp³-hybridized carbons (Fsp3) is 0.444. The van der Waals surface area contributed by atoms with E-state index in [1.165, 1.54) is 4.90 Å². The standard InChI is InChI=1S/C27H30Cl2F3NO3/c1-4-13-25(3)16-22(18-7-6-8-20(29)14-18)23(17-9-11-19(28)12-10-17)33(24(25)34)21(5-2)15-26(35,36)27(30,31)32/h4,6-12,14,21-23,35-36H,1,5,13,15-16H2,2-3H3/t21-,22+,23+,25-/m0/s1. The predicted molar refractivity (Wildman–Crippen MR) is 135 cm³/mol. The zero-order valence-electron chi connectivity index (χ0n) is 20.1. The Morgan fingerprint density at radius 2 is 1.78 bits per heavy atom. The van der Waals surface area contributed by atoms with Crippen molar-refractivity contribution in [1.29, 1.82) is 0 Å². The molecule has 0 spiro atoms. The molecule has 0 saturated carbocycles. The molecule has 3 rings (SSSR count). The van der Waals surface area contributed by atoms with Crippen LogP contribution in [0.3, 0.4) is 0 Å². The molecule has 2 N–H and O–H groups in total. The molecule has 1 amide bonds. The Morgan fingerprint density at radius 3 is 2.31 bits per heavy atom. The van der Waals surface area contributed by atoms with Crippen LogP contribution >= 0.6 is 23.2 Å². The summed E-state index contributed by atoms with van der Waals surface area (Å²) in [5.74, 6) is -4.68. The molecule has 1 aliphatic rings. The van der Waals surface area contributed by atoms with Crippen molar-refractivity contribution in [3.05, 3.63) is 82.4 Å². The maximum Gasteiger partial charge on any atom is 0.442 e. The Hall–Kier alpha value is -2.06. The zero-order chi connectivity index (χ0) is 26.9. The van der Waals surface area contributed by atoms with E-state index in [1.54, 1.807) is 62.4 Å². The molecule has 36 heavy (non-hydrogen) atoms. The van der Waals surface area contributed by atoms with Crippen molar-refractivity contribution in [2.24, 2.45) is 5.41 Å². The van der Waals surface area contributed by atoms with Crippen molar-refractivity contribution in [2.45, 2.75) is 69.5 Å². The van der Waals surface area contributed by atoms with E-state index >= 15 is 0 Å². The molecule has 1 fully saturated rings. The number of alkyl halides is 3. The Balaban J connectivity index is 2.24. The molecule has 2 aromatic rings. The van der Waals surface area contributed by atoms with E-state index in [4.69, 9.17) is 23.2 Å². The normalized spacial score (nSPS) is 24.0. The number of aliphatic hydroxyl groups is 2. The summed E-state index contributed by atoms with van der Waals surface area (Å²) < 4.78 is 40.4. The van der Waals surface area contributed by atoms with E-state index in [1.807, 2.05) is 6.07 Å². The number of allylic oxidation sites excluding steroid dienone is 1. The molecule has 196 valence electrons. The quantitative estimate of drug-likeness (QED) is 0.277. The first-order chi connectivity index (χ1) is 16.7. The lowest BCUT2D eigenvalue weighted by Crippen LogP contribution is -2.58. The molecule has 9 heteroatoms. The number of carbonyl (C=O) groups excluding carboxylic acids is 1. The van der Waals surface area contributed by atoms with Gasteiger partial charge in [0.1, 0.15) is 0 Å². The second kappa shape index (κ2) is 10.7. The highest BCUT2D eigenvalue weighted by Gasteiger charge is 2.57. The lowest BCUT2D eigenvalue weighted by molar-refractivity contribution is -0.354. The minimum atomic E-state index is -5.29. The zero-order valence-corrected chi connectivity index (χ0v) is 21.6. The van der Waals surface area contributed by atoms with Crippen molar-refractivity contribution >= 4 is 29.1 Å². The van der Waals surface area contributed by atoms with Gasteiger partial charge in [-0.3, -0.25) is 4.79 Å². The molecule has 0 aromatic heterocycles. The van der Waals surface area contributed by atoms with E-state index in [-0.39, 0.29) is 18.2 Å². The maximum absolute atomic E-state index is 14.0. The number of nitrogens with zero attached hydrogens (tertiary/aromatic N) is 1. The third kappa shape index (κ3) is 5.75. The van der Waals surface area contributed by atoms with Gasteiger partial charge in [0.05, 0.1) is 11.5 Å². The lowest BCUT2D eigenvalue weighted by Gasteiger charge is -2.52. The van der Waals surface area contributed by atoms with Crippen molar-refractivity contribution < 1.29 is 28.2 Å². The van der Waals surface area contributed by atoms with E-state index in [0.29, 0.717) is 28.5 Å². The van der Waals surface area contributed by atoms with E-state index < -0.39 is 35.9 Å². The molecule has 0 unspecified atom stereocenters. The summed E-state index contributed by atoms with van der Waals surface area (Å²) in [4.78, 5) is 15.5. The second-order valence-corrected chi connectivity index (χ2v) is 10.6. The molecule has 1 saturated heterocycles. The van der Waals surface area contributed by atoms with Gasteiger partial charge < -0.3 is 15.1 Å². The molecule has 0 aliphatic carbocycles. The number of likely N-dealkylation sites (tertiary alicyclic amines) is 1. The van der Waals surface area contributed by atoms with Gasteiger partial charge >= 0.3 is 6.18 Å². The van der Waals surface area contributed by atoms with Gasteiger partial charge in [-0.05, 0) is 54.7 Å². The summed E-state index contributed by atoms with van der Waals surface area (Å²) >= 11 is 12.4. The largest absolute Gasteiger partial charge is 0.442 e. The van der Waals surface area contributed by atoms with Crippen LogP contribution in [0.2, 0.25) is 10.0 Å². The van der Waals surface area contributed by atoms with Crippen LogP contribution in [0.15, 0.2) is 61.2 Å². The number of hydrogen-bond acceptors (Lipinski definition) is 3. The highest BCUT2D eigenvalue weighted by Crippen LogP contribution is 2.53. The summed E-state index contributed by atoms with van der Waals surface area (Å²) in [5.41, 5.74) is 0.516. The first-order valence-corrected chi connectivity index (χ1v) is 12.5. The van der Waals surface area contributed by atoms with Crippen molar-refractivity contribution in [1.82, 2.24) is 4.90 Å². The third-order valence-corrected chi connectivity index (χ3v) is 7.51. The van der Waals surface area contributed by atoms with Gasteiger partial charge in [-0.25, -0.2) is 0 Å². The van der Waals surface area contributed by atoms with Gasteiger partial charge in [0, 0.05) is 28.4 Å². The lowest BCUT2D eigenvalue weighted by atomic mass is 9.67. The molecule has 2 aromatic carbocycles. The number of carbonyl (C=O) groups is 1. The average Bonchev–Trinajstić information content (AvgIpc) is 2.79. The smallest absolute Gasteiger partial charge is 0.359 e. The van der Waals surface area contributed by atoms with Crippen molar-refractivity contribution in [2.75, 3.05) is 0 Å². The molecule has 0 radical (unpaired) electrons. The third-order valence-electron chi connectivity index (χ3n) is 7.02. The van der Waals surface area contributed by atoms with Crippen LogP contribution in [0.25, 0.3) is 0 Å². The number of piperidine rings is 1. The van der Waals surface area contributed by atoms with Crippen LogP contribution in [0.1, 0.15) is 62.6 Å². The molecular weight excluding hydrogens is 514 g/mol. The van der Waals surface area contributed by atoms with Crippen molar-refractivity contribution in [3.8, 4) is 0 Å². The highest BCUT2D eigenvalue weighted by atomic mass is 35.5. The molecule has 1 heterocycles.